The van der Waals surface area contributed by atoms with Crippen molar-refractivity contribution in [1.29, 1.82) is 0 Å². The first-order valence-corrected chi connectivity index (χ1v) is 7.05. The first-order valence-electron chi connectivity index (χ1n) is 5.02. The summed E-state index contributed by atoms with van der Waals surface area (Å²) in [6, 6.07) is 2.32. The first kappa shape index (κ1) is 14.7. The number of anilines is 1. The van der Waals surface area contributed by atoms with E-state index in [0.717, 1.165) is 6.07 Å². The molecule has 0 unspecified atom stereocenters. The highest BCUT2D eigenvalue weighted by atomic mass is 35.5. The minimum absolute atomic E-state index is 0.0251. The molecule has 0 aromatic carbocycles. The summed E-state index contributed by atoms with van der Waals surface area (Å²) >= 11 is 5.59. The van der Waals surface area contributed by atoms with Gasteiger partial charge in [-0.3, -0.25) is 14.8 Å². The highest BCUT2D eigenvalue weighted by molar-refractivity contribution is 7.92. The summed E-state index contributed by atoms with van der Waals surface area (Å²) in [5.41, 5.74) is -0.438. The van der Waals surface area contributed by atoms with Crippen LogP contribution >= 0.6 is 11.6 Å². The number of sulfonamides is 1. The number of nitrogens with one attached hydrogen (secondary N) is 1. The maximum absolute atomic E-state index is 11.7. The number of pyridine rings is 1. The fourth-order valence-electron chi connectivity index (χ4n) is 1.28. The summed E-state index contributed by atoms with van der Waals surface area (Å²) in [6.45, 7) is 3.44. The summed E-state index contributed by atoms with van der Waals surface area (Å²) in [4.78, 5) is 13.6. The Kier molecular flexibility index (Phi) is 4.47. The largest absolute Gasteiger partial charge is 0.312 e. The van der Waals surface area contributed by atoms with Gasteiger partial charge in [-0.05, 0) is 12.0 Å². The number of halogens is 1. The molecule has 0 fully saturated rings. The van der Waals surface area contributed by atoms with E-state index in [1.165, 1.54) is 6.07 Å². The summed E-state index contributed by atoms with van der Waals surface area (Å²) in [6.07, 6.45) is 0. The van der Waals surface area contributed by atoms with E-state index >= 15 is 0 Å². The molecular formula is C9H12ClN3O4S. The Morgan fingerprint density at radius 1 is 1.50 bits per heavy atom. The van der Waals surface area contributed by atoms with Crippen molar-refractivity contribution < 1.29 is 13.3 Å². The smallest absolute Gasteiger partial charge is 0.261 e. The van der Waals surface area contributed by atoms with Crippen LogP contribution in [0.25, 0.3) is 0 Å². The van der Waals surface area contributed by atoms with Crippen molar-refractivity contribution in [1.82, 2.24) is 4.98 Å². The van der Waals surface area contributed by atoms with Crippen LogP contribution in [0.3, 0.4) is 0 Å². The monoisotopic (exact) mass is 293 g/mol. The van der Waals surface area contributed by atoms with Crippen molar-refractivity contribution in [3.05, 3.63) is 27.4 Å². The lowest BCUT2D eigenvalue weighted by Crippen LogP contribution is -2.21. The number of nitro groups is 1. The molecule has 1 aromatic rings. The lowest BCUT2D eigenvalue weighted by atomic mass is 10.3. The van der Waals surface area contributed by atoms with Crippen LogP contribution in [0.2, 0.25) is 5.15 Å². The predicted octanol–water partition coefficient (Wildman–Crippen LogP) is 2.04. The third-order valence-corrected chi connectivity index (χ3v) is 3.66. The quantitative estimate of drug-likeness (QED) is 0.508. The zero-order valence-corrected chi connectivity index (χ0v) is 11.3. The number of rotatable bonds is 5. The Morgan fingerprint density at radius 3 is 2.61 bits per heavy atom. The van der Waals surface area contributed by atoms with Crippen molar-refractivity contribution in [3.63, 3.8) is 0 Å². The Balaban J connectivity index is 3.10. The molecule has 0 aliphatic rings. The molecule has 18 heavy (non-hydrogen) atoms. The number of aromatic nitrogens is 1. The highest BCUT2D eigenvalue weighted by Crippen LogP contribution is 2.25. The normalized spacial score (nSPS) is 11.6. The van der Waals surface area contributed by atoms with E-state index in [4.69, 9.17) is 11.6 Å². The molecule has 1 heterocycles. The van der Waals surface area contributed by atoms with Crippen LogP contribution in [0.1, 0.15) is 13.8 Å². The second-order valence-corrected chi connectivity index (χ2v) is 6.19. The van der Waals surface area contributed by atoms with Gasteiger partial charge in [-0.2, -0.15) is 0 Å². The lowest BCUT2D eigenvalue weighted by Gasteiger charge is -2.09. The molecule has 7 nitrogen and oxygen atoms in total. The zero-order chi connectivity index (χ0) is 13.9. The minimum atomic E-state index is -3.68. The van der Waals surface area contributed by atoms with Crippen molar-refractivity contribution in [2.45, 2.75) is 13.8 Å². The van der Waals surface area contributed by atoms with E-state index < -0.39 is 20.6 Å². The molecule has 0 spiro atoms. The molecule has 9 heteroatoms. The minimum Gasteiger partial charge on any atom is -0.261 e. The van der Waals surface area contributed by atoms with Gasteiger partial charge >= 0.3 is 5.69 Å². The summed E-state index contributed by atoms with van der Waals surface area (Å²) < 4.78 is 25.4. The topological polar surface area (TPSA) is 102 Å². The molecule has 100 valence electrons. The zero-order valence-electron chi connectivity index (χ0n) is 9.75. The second kappa shape index (κ2) is 5.49. The average molecular weight is 294 g/mol. The molecule has 0 saturated heterocycles. The molecule has 0 radical (unpaired) electrons. The predicted molar refractivity (Wildman–Crippen MR) is 68.1 cm³/mol. The molecule has 1 rings (SSSR count). The van der Waals surface area contributed by atoms with Gasteiger partial charge in [0.25, 0.3) is 0 Å². The Morgan fingerprint density at radius 2 is 2.11 bits per heavy atom. The van der Waals surface area contributed by atoms with Crippen LogP contribution in [-0.4, -0.2) is 24.1 Å². The van der Waals surface area contributed by atoms with Gasteiger partial charge < -0.3 is 0 Å². The molecule has 0 aliphatic carbocycles. The molecule has 0 aliphatic heterocycles. The van der Waals surface area contributed by atoms with Crippen LogP contribution in [-0.2, 0) is 10.0 Å². The summed E-state index contributed by atoms with van der Waals surface area (Å²) in [7, 11) is -3.68. The fraction of sp³-hybridized carbons (Fsp3) is 0.444. The van der Waals surface area contributed by atoms with E-state index in [1.54, 1.807) is 13.8 Å². The van der Waals surface area contributed by atoms with E-state index in [-0.39, 0.29) is 22.6 Å². The summed E-state index contributed by atoms with van der Waals surface area (Å²) in [5.74, 6) is -0.632. The third kappa shape index (κ3) is 4.11. The third-order valence-electron chi connectivity index (χ3n) is 1.84. The molecule has 0 bridgehead atoms. The van der Waals surface area contributed by atoms with Crippen molar-refractivity contribution in [2.24, 2.45) is 5.92 Å². The second-order valence-electron chi connectivity index (χ2n) is 4.04. The first-order chi connectivity index (χ1) is 8.21. The van der Waals surface area contributed by atoms with E-state index in [0.29, 0.717) is 0 Å². The lowest BCUT2D eigenvalue weighted by molar-refractivity contribution is -0.384. The maximum atomic E-state index is 11.7. The Labute approximate surface area is 109 Å². The van der Waals surface area contributed by atoms with Gasteiger partial charge in [0.05, 0.1) is 10.7 Å². The van der Waals surface area contributed by atoms with Crippen LogP contribution in [0.5, 0.6) is 0 Å². The Bertz CT molecular complexity index is 559. The average Bonchev–Trinajstić information content (AvgIpc) is 2.13. The summed E-state index contributed by atoms with van der Waals surface area (Å²) in [5, 5.41) is 10.7. The van der Waals surface area contributed by atoms with Crippen molar-refractivity contribution in [2.75, 3.05) is 10.5 Å². The van der Waals surface area contributed by atoms with Gasteiger partial charge in [0, 0.05) is 6.07 Å². The van der Waals surface area contributed by atoms with Gasteiger partial charge in [0.2, 0.25) is 15.8 Å². The van der Waals surface area contributed by atoms with Crippen LogP contribution in [0.4, 0.5) is 11.5 Å². The van der Waals surface area contributed by atoms with E-state index in [2.05, 4.69) is 9.71 Å². The van der Waals surface area contributed by atoms with Crippen molar-refractivity contribution in [3.8, 4) is 0 Å². The molecule has 0 atom stereocenters. The van der Waals surface area contributed by atoms with Gasteiger partial charge in [0.15, 0.2) is 0 Å². The number of hydrogen-bond acceptors (Lipinski definition) is 5. The highest BCUT2D eigenvalue weighted by Gasteiger charge is 2.21. The van der Waals surface area contributed by atoms with Gasteiger partial charge in [-0.1, -0.05) is 25.4 Å². The molecular weight excluding hydrogens is 282 g/mol. The van der Waals surface area contributed by atoms with Crippen LogP contribution in [0.15, 0.2) is 12.1 Å². The van der Waals surface area contributed by atoms with Crippen LogP contribution < -0.4 is 4.72 Å². The van der Waals surface area contributed by atoms with Crippen LogP contribution in [0, 0.1) is 16.0 Å². The van der Waals surface area contributed by atoms with E-state index in [1.807, 2.05) is 0 Å². The fourth-order valence-corrected chi connectivity index (χ4v) is 2.83. The molecule has 0 amide bonds. The van der Waals surface area contributed by atoms with Crippen molar-refractivity contribution >= 4 is 33.1 Å². The standard InChI is InChI=1S/C9H12ClN3O4S/c1-6(2)5-18(16,17)12-9-7(13(14)15)3-4-8(10)11-9/h3-4,6H,5H2,1-2H3,(H,11,12). The van der Waals surface area contributed by atoms with Gasteiger partial charge in [0.1, 0.15) is 5.15 Å². The Hall–Kier alpha value is -1.41. The number of nitrogens with zero attached hydrogens (tertiary/aromatic N) is 2. The van der Waals surface area contributed by atoms with Gasteiger partial charge in [-0.15, -0.1) is 0 Å². The maximum Gasteiger partial charge on any atom is 0.312 e. The van der Waals surface area contributed by atoms with Gasteiger partial charge in [-0.25, -0.2) is 13.4 Å². The molecule has 1 N–H and O–H groups in total. The SMILES string of the molecule is CC(C)CS(=O)(=O)Nc1nc(Cl)ccc1[N+](=O)[O-]. The van der Waals surface area contributed by atoms with E-state index in [9.17, 15) is 18.5 Å². The molecule has 1 aromatic heterocycles. The molecule has 0 saturated carbocycles. The number of hydrogen-bond donors (Lipinski definition) is 1.